The van der Waals surface area contributed by atoms with Gasteiger partial charge in [0.25, 0.3) is 0 Å². The fraction of sp³-hybridized carbons (Fsp3) is 0.533. The molecule has 6 heteroatoms. The second-order valence-corrected chi connectivity index (χ2v) is 10.6. The number of nitriles is 1. The van der Waals surface area contributed by atoms with Crippen LogP contribution < -0.4 is 5.32 Å². The number of hydrogen-bond donors (Lipinski definition) is 1. The van der Waals surface area contributed by atoms with Crippen molar-refractivity contribution < 1.29 is 4.39 Å². The van der Waals surface area contributed by atoms with Gasteiger partial charge in [-0.2, -0.15) is 5.26 Å². The Morgan fingerprint density at radius 2 is 1.69 bits per heavy atom. The summed E-state index contributed by atoms with van der Waals surface area (Å²) in [6.45, 7) is 14.9. The number of benzene rings is 2. The molecule has 0 amide bonds. The van der Waals surface area contributed by atoms with E-state index >= 15 is 0 Å². The highest BCUT2D eigenvalue weighted by Gasteiger charge is 2.35. The lowest BCUT2D eigenvalue weighted by atomic mass is 9.70. The maximum Gasteiger partial charge on any atom is 0.194 e. The van der Waals surface area contributed by atoms with Crippen LogP contribution in [0.5, 0.6) is 0 Å². The molecule has 1 unspecified atom stereocenters. The van der Waals surface area contributed by atoms with E-state index in [9.17, 15) is 9.65 Å². The molecule has 2 aromatic rings. The highest BCUT2D eigenvalue weighted by atomic mass is 19.1. The van der Waals surface area contributed by atoms with Crippen LogP contribution in [0.2, 0.25) is 0 Å². The fourth-order valence-corrected chi connectivity index (χ4v) is 4.84. The average molecular weight is 492 g/mol. The number of halogens is 1. The molecule has 3 rings (SSSR count). The van der Waals surface area contributed by atoms with Crippen LogP contribution in [-0.4, -0.2) is 55.0 Å². The first-order chi connectivity index (χ1) is 17.3. The zero-order valence-corrected chi connectivity index (χ0v) is 22.4. The minimum atomic E-state index is -0.440. The summed E-state index contributed by atoms with van der Waals surface area (Å²) in [7, 11) is 0. The van der Waals surface area contributed by atoms with Gasteiger partial charge in [0.05, 0.1) is 18.0 Å². The normalized spacial score (nSPS) is 16.7. The third-order valence-electron chi connectivity index (χ3n) is 7.18. The second kappa shape index (κ2) is 13.4. The Hall–Kier alpha value is -2.91. The summed E-state index contributed by atoms with van der Waals surface area (Å²) >= 11 is 0. The van der Waals surface area contributed by atoms with Crippen molar-refractivity contribution in [2.75, 3.05) is 39.3 Å². The molecule has 0 saturated carbocycles. The molecule has 0 aromatic heterocycles. The molecule has 1 aliphatic rings. The Labute approximate surface area is 217 Å². The maximum absolute atomic E-state index is 13.2. The molecule has 0 aliphatic carbocycles. The Morgan fingerprint density at radius 1 is 1.03 bits per heavy atom. The topological polar surface area (TPSA) is 54.7 Å². The summed E-state index contributed by atoms with van der Waals surface area (Å²) in [6, 6.07) is 19.5. The number of nitrogens with one attached hydrogen (secondary N) is 1. The van der Waals surface area contributed by atoms with Crippen LogP contribution in [0.15, 0.2) is 59.6 Å². The largest absolute Gasteiger partial charge is 0.356 e. The van der Waals surface area contributed by atoms with E-state index in [4.69, 9.17) is 4.99 Å². The van der Waals surface area contributed by atoms with E-state index < -0.39 is 5.41 Å². The Balaban J connectivity index is 1.55. The SMILES string of the molecule is CC(C)CNC(=NCc1ccc(F)cc1)N1CCN(CCCC(C#N)(c2ccccc2)C(C)C)CC1. The number of hydrogen-bond acceptors (Lipinski definition) is 3. The zero-order valence-electron chi connectivity index (χ0n) is 22.4. The summed E-state index contributed by atoms with van der Waals surface area (Å²) in [5, 5.41) is 13.7. The molecule has 194 valence electrons. The van der Waals surface area contributed by atoms with Gasteiger partial charge in [0, 0.05) is 32.7 Å². The zero-order chi connectivity index (χ0) is 26.0. The predicted octanol–water partition coefficient (Wildman–Crippen LogP) is 5.44. The second-order valence-electron chi connectivity index (χ2n) is 10.6. The molecule has 0 bridgehead atoms. The molecule has 1 N–H and O–H groups in total. The minimum absolute atomic E-state index is 0.221. The number of piperazine rings is 1. The van der Waals surface area contributed by atoms with E-state index in [0.717, 1.165) is 69.2 Å². The maximum atomic E-state index is 13.2. The van der Waals surface area contributed by atoms with Crippen molar-refractivity contribution in [1.82, 2.24) is 15.1 Å². The molecule has 0 spiro atoms. The quantitative estimate of drug-likeness (QED) is 0.355. The van der Waals surface area contributed by atoms with Crippen LogP contribution in [-0.2, 0) is 12.0 Å². The van der Waals surface area contributed by atoms with Crippen LogP contribution in [0.1, 0.15) is 51.7 Å². The van der Waals surface area contributed by atoms with Gasteiger partial charge < -0.3 is 10.2 Å². The van der Waals surface area contributed by atoms with Crippen LogP contribution in [0.25, 0.3) is 0 Å². The molecular formula is C30H42FN5. The molecule has 1 atom stereocenters. The molecular weight excluding hydrogens is 449 g/mol. The van der Waals surface area contributed by atoms with Gasteiger partial charge in [-0.25, -0.2) is 9.38 Å². The van der Waals surface area contributed by atoms with Crippen LogP contribution >= 0.6 is 0 Å². The number of nitrogens with zero attached hydrogens (tertiary/aromatic N) is 4. The van der Waals surface area contributed by atoms with Gasteiger partial charge in [0.1, 0.15) is 5.82 Å². The number of rotatable bonds is 10. The van der Waals surface area contributed by atoms with Crippen molar-refractivity contribution in [3.05, 3.63) is 71.5 Å². The summed E-state index contributed by atoms with van der Waals surface area (Å²) < 4.78 is 13.2. The number of guanidine groups is 1. The van der Waals surface area contributed by atoms with Gasteiger partial charge in [0.2, 0.25) is 0 Å². The monoisotopic (exact) mass is 491 g/mol. The van der Waals surface area contributed by atoms with Gasteiger partial charge >= 0.3 is 0 Å². The van der Waals surface area contributed by atoms with Gasteiger partial charge in [-0.1, -0.05) is 70.2 Å². The van der Waals surface area contributed by atoms with Gasteiger partial charge in [0.15, 0.2) is 5.96 Å². The highest BCUT2D eigenvalue weighted by molar-refractivity contribution is 5.80. The third-order valence-corrected chi connectivity index (χ3v) is 7.18. The fourth-order valence-electron chi connectivity index (χ4n) is 4.84. The highest BCUT2D eigenvalue weighted by Crippen LogP contribution is 2.36. The van der Waals surface area contributed by atoms with Crippen molar-refractivity contribution >= 4 is 5.96 Å². The lowest BCUT2D eigenvalue weighted by Gasteiger charge is -2.37. The summed E-state index contributed by atoms with van der Waals surface area (Å²) in [6.07, 6.45) is 1.86. The molecule has 1 saturated heterocycles. The molecule has 1 fully saturated rings. The minimum Gasteiger partial charge on any atom is -0.356 e. The Kier molecular flexibility index (Phi) is 10.3. The summed E-state index contributed by atoms with van der Waals surface area (Å²) in [4.78, 5) is 9.69. The lowest BCUT2D eigenvalue weighted by Crippen LogP contribution is -2.53. The van der Waals surface area contributed by atoms with Crippen LogP contribution in [0.4, 0.5) is 4.39 Å². The van der Waals surface area contributed by atoms with Crippen molar-refractivity contribution in [2.45, 2.75) is 52.5 Å². The number of aliphatic imine (C=N–C) groups is 1. The third kappa shape index (κ3) is 7.54. The van der Waals surface area contributed by atoms with Crippen molar-refractivity contribution in [2.24, 2.45) is 16.8 Å². The van der Waals surface area contributed by atoms with E-state index in [1.165, 1.54) is 12.1 Å². The molecule has 5 nitrogen and oxygen atoms in total. The molecule has 36 heavy (non-hydrogen) atoms. The first-order valence-corrected chi connectivity index (χ1v) is 13.3. The molecule has 1 aliphatic heterocycles. The van der Waals surface area contributed by atoms with Crippen LogP contribution in [0, 0.1) is 29.0 Å². The van der Waals surface area contributed by atoms with Crippen molar-refractivity contribution in [3.8, 4) is 6.07 Å². The summed E-state index contributed by atoms with van der Waals surface area (Å²) in [5.41, 5.74) is 1.69. The van der Waals surface area contributed by atoms with E-state index in [1.807, 2.05) is 18.2 Å². The van der Waals surface area contributed by atoms with Gasteiger partial charge in [-0.15, -0.1) is 0 Å². The average Bonchev–Trinajstić information content (AvgIpc) is 2.88. The van der Waals surface area contributed by atoms with Crippen molar-refractivity contribution in [1.29, 1.82) is 5.26 Å². The van der Waals surface area contributed by atoms with E-state index in [1.54, 1.807) is 12.1 Å². The standard InChI is InChI=1S/C30H42FN5/c1-24(2)21-33-29(34-22-26-11-13-28(31)14-12-26)36-19-17-35(18-20-36)16-8-15-30(23-32,25(3)4)27-9-6-5-7-10-27/h5-7,9-14,24-25H,8,15-22H2,1-4H3,(H,33,34). The summed E-state index contributed by atoms with van der Waals surface area (Å²) in [5.74, 6) is 1.49. The Bertz CT molecular complexity index is 988. The van der Waals surface area contributed by atoms with E-state index in [2.05, 4.69) is 61.0 Å². The van der Waals surface area contributed by atoms with Crippen molar-refractivity contribution in [3.63, 3.8) is 0 Å². The van der Waals surface area contributed by atoms with Gasteiger partial charge in [-0.3, -0.25) is 4.90 Å². The molecule has 0 radical (unpaired) electrons. The van der Waals surface area contributed by atoms with Gasteiger partial charge in [-0.05, 0) is 54.5 Å². The predicted molar refractivity (Wildman–Crippen MR) is 146 cm³/mol. The lowest BCUT2D eigenvalue weighted by molar-refractivity contribution is 0.171. The first-order valence-electron chi connectivity index (χ1n) is 13.3. The molecule has 2 aromatic carbocycles. The van der Waals surface area contributed by atoms with E-state index in [0.29, 0.717) is 12.5 Å². The van der Waals surface area contributed by atoms with Crippen LogP contribution in [0.3, 0.4) is 0 Å². The smallest absolute Gasteiger partial charge is 0.194 e. The molecule has 1 heterocycles. The first kappa shape index (κ1) is 27.7. The Morgan fingerprint density at radius 3 is 2.28 bits per heavy atom. The van der Waals surface area contributed by atoms with E-state index in [-0.39, 0.29) is 11.7 Å².